The lowest BCUT2D eigenvalue weighted by Gasteiger charge is -2.14. The molecule has 0 radical (unpaired) electrons. The van der Waals surface area contributed by atoms with Gasteiger partial charge in [-0.1, -0.05) is 0 Å². The van der Waals surface area contributed by atoms with E-state index in [4.69, 9.17) is 9.47 Å². The van der Waals surface area contributed by atoms with Gasteiger partial charge in [-0.15, -0.1) is 0 Å². The summed E-state index contributed by atoms with van der Waals surface area (Å²) in [6, 6.07) is 6.64. The van der Waals surface area contributed by atoms with Crippen LogP contribution in [0.5, 0.6) is 17.5 Å². The molecule has 3 aromatic heterocycles. The van der Waals surface area contributed by atoms with Gasteiger partial charge >= 0.3 is 6.18 Å². The molecule has 0 amide bonds. The van der Waals surface area contributed by atoms with Crippen molar-refractivity contribution in [2.24, 2.45) is 0 Å². The fraction of sp³-hybridized carbons (Fsp3) is 0.211. The molecule has 0 aliphatic rings. The fourth-order valence-electron chi connectivity index (χ4n) is 2.60. The molecule has 3 rings (SSSR count). The first-order valence-corrected chi connectivity index (χ1v) is 7.97. The first-order valence-electron chi connectivity index (χ1n) is 7.97. The van der Waals surface area contributed by atoms with E-state index in [2.05, 4.69) is 15.0 Å². The van der Waals surface area contributed by atoms with Crippen molar-refractivity contribution in [1.29, 1.82) is 0 Å². The quantitative estimate of drug-likeness (QED) is 0.644. The monoisotopic (exact) mass is 375 g/mol. The maximum Gasteiger partial charge on any atom is 0.433 e. The lowest BCUT2D eigenvalue weighted by atomic mass is 10.1. The highest BCUT2D eigenvalue weighted by Gasteiger charge is 2.34. The highest BCUT2D eigenvalue weighted by atomic mass is 19.4. The van der Waals surface area contributed by atoms with Crippen molar-refractivity contribution in [3.8, 4) is 28.6 Å². The normalized spacial score (nSPS) is 11.3. The number of aromatic nitrogens is 3. The topological polar surface area (TPSA) is 57.1 Å². The molecule has 0 saturated heterocycles. The number of ether oxygens (including phenoxy) is 2. The van der Waals surface area contributed by atoms with E-state index in [1.54, 1.807) is 18.3 Å². The van der Waals surface area contributed by atoms with Gasteiger partial charge in [-0.3, -0.25) is 0 Å². The third-order valence-corrected chi connectivity index (χ3v) is 3.78. The largest absolute Gasteiger partial charge is 0.481 e. The predicted molar refractivity (Wildman–Crippen MR) is 92.8 cm³/mol. The lowest BCUT2D eigenvalue weighted by molar-refractivity contribution is -0.141. The summed E-state index contributed by atoms with van der Waals surface area (Å²) in [5, 5.41) is 0. The molecule has 140 valence electrons. The molecular formula is C19H16F3N3O2. The zero-order valence-electron chi connectivity index (χ0n) is 14.8. The molecule has 3 heterocycles. The van der Waals surface area contributed by atoms with Gasteiger partial charge in [0.15, 0.2) is 0 Å². The van der Waals surface area contributed by atoms with Crippen molar-refractivity contribution in [2.75, 3.05) is 7.11 Å². The van der Waals surface area contributed by atoms with Crippen LogP contribution in [0.2, 0.25) is 0 Å². The van der Waals surface area contributed by atoms with Gasteiger partial charge in [0.2, 0.25) is 11.8 Å². The van der Waals surface area contributed by atoms with Crippen LogP contribution in [-0.4, -0.2) is 22.1 Å². The summed E-state index contributed by atoms with van der Waals surface area (Å²) in [5.41, 5.74) is 1.20. The van der Waals surface area contributed by atoms with Gasteiger partial charge in [0, 0.05) is 23.5 Å². The van der Waals surface area contributed by atoms with Gasteiger partial charge in [-0.25, -0.2) is 15.0 Å². The molecule has 0 fully saturated rings. The molecule has 0 saturated carbocycles. The van der Waals surface area contributed by atoms with Gasteiger partial charge < -0.3 is 9.47 Å². The first-order chi connectivity index (χ1) is 12.8. The van der Waals surface area contributed by atoms with E-state index in [0.29, 0.717) is 17.0 Å². The Kier molecular flexibility index (Phi) is 4.98. The van der Waals surface area contributed by atoms with Crippen LogP contribution in [-0.2, 0) is 6.18 Å². The Morgan fingerprint density at radius 3 is 2.37 bits per heavy atom. The molecule has 0 bridgehead atoms. The van der Waals surface area contributed by atoms with Crippen molar-refractivity contribution in [3.63, 3.8) is 0 Å². The molecule has 0 aromatic carbocycles. The van der Waals surface area contributed by atoms with Crippen LogP contribution in [0.25, 0.3) is 11.1 Å². The molecule has 0 atom stereocenters. The third kappa shape index (κ3) is 3.99. The van der Waals surface area contributed by atoms with Gasteiger partial charge in [0.1, 0.15) is 11.4 Å². The zero-order chi connectivity index (χ0) is 19.6. The van der Waals surface area contributed by atoms with Crippen molar-refractivity contribution in [2.45, 2.75) is 20.0 Å². The Morgan fingerprint density at radius 1 is 0.926 bits per heavy atom. The maximum atomic E-state index is 12.9. The van der Waals surface area contributed by atoms with Crippen LogP contribution < -0.4 is 9.47 Å². The number of pyridine rings is 3. The Bertz CT molecular complexity index is 975. The average Bonchev–Trinajstić information content (AvgIpc) is 2.61. The summed E-state index contributed by atoms with van der Waals surface area (Å²) < 4.78 is 49.7. The van der Waals surface area contributed by atoms with Gasteiger partial charge in [-0.2, -0.15) is 13.2 Å². The van der Waals surface area contributed by atoms with E-state index in [0.717, 1.165) is 11.8 Å². The summed E-state index contributed by atoms with van der Waals surface area (Å²) in [6.45, 7) is 3.21. The van der Waals surface area contributed by atoms with E-state index in [1.807, 2.05) is 13.0 Å². The van der Waals surface area contributed by atoms with Crippen LogP contribution >= 0.6 is 0 Å². The summed E-state index contributed by atoms with van der Waals surface area (Å²) in [5.74, 6) is 0.754. The van der Waals surface area contributed by atoms with Gasteiger partial charge in [0.05, 0.1) is 13.3 Å². The number of hydrogen-bond acceptors (Lipinski definition) is 5. The number of hydrogen-bond donors (Lipinski definition) is 0. The molecule has 0 aliphatic carbocycles. The number of nitrogens with zero attached hydrogens (tertiary/aromatic N) is 3. The van der Waals surface area contributed by atoms with Crippen molar-refractivity contribution < 1.29 is 22.6 Å². The first kappa shape index (κ1) is 18.6. The predicted octanol–water partition coefficient (Wildman–Crippen LogP) is 4.98. The van der Waals surface area contributed by atoms with E-state index in [1.165, 1.54) is 26.3 Å². The van der Waals surface area contributed by atoms with Gasteiger partial charge in [0.25, 0.3) is 0 Å². The SMILES string of the molecule is COc1ncc(C)cc1-c1cccnc1Oc1cnc(C(F)(F)F)c(C)c1. The second-order valence-electron chi connectivity index (χ2n) is 5.86. The van der Waals surface area contributed by atoms with Gasteiger partial charge in [-0.05, 0) is 49.2 Å². The molecule has 0 aliphatic heterocycles. The summed E-state index contributed by atoms with van der Waals surface area (Å²) in [7, 11) is 1.50. The summed E-state index contributed by atoms with van der Waals surface area (Å²) >= 11 is 0. The minimum atomic E-state index is -4.51. The summed E-state index contributed by atoms with van der Waals surface area (Å²) in [4.78, 5) is 11.9. The number of alkyl halides is 3. The average molecular weight is 375 g/mol. The molecule has 0 unspecified atom stereocenters. The molecule has 3 aromatic rings. The van der Waals surface area contributed by atoms with E-state index >= 15 is 0 Å². The second kappa shape index (κ2) is 7.22. The molecule has 0 N–H and O–H groups in total. The third-order valence-electron chi connectivity index (χ3n) is 3.78. The van der Waals surface area contributed by atoms with Crippen LogP contribution in [0, 0.1) is 13.8 Å². The van der Waals surface area contributed by atoms with E-state index in [-0.39, 0.29) is 17.2 Å². The minimum Gasteiger partial charge on any atom is -0.481 e. The van der Waals surface area contributed by atoms with Crippen LogP contribution in [0.4, 0.5) is 13.2 Å². The number of rotatable bonds is 4. The van der Waals surface area contributed by atoms with Crippen LogP contribution in [0.15, 0.2) is 42.9 Å². The maximum absolute atomic E-state index is 12.9. The standard InChI is InChI=1S/C19H16F3N3O2/c1-11-7-15(17(26-3)25-9-11)14-5-4-6-23-18(14)27-13-8-12(2)16(24-10-13)19(20,21)22/h4-10H,1-3H3. The van der Waals surface area contributed by atoms with E-state index in [9.17, 15) is 13.2 Å². The second-order valence-corrected chi connectivity index (χ2v) is 5.86. The smallest absolute Gasteiger partial charge is 0.433 e. The highest BCUT2D eigenvalue weighted by molar-refractivity contribution is 5.73. The van der Waals surface area contributed by atoms with Crippen molar-refractivity contribution in [1.82, 2.24) is 15.0 Å². The number of halogens is 3. The Balaban J connectivity index is 2.01. The zero-order valence-corrected chi connectivity index (χ0v) is 14.8. The van der Waals surface area contributed by atoms with Crippen LogP contribution in [0.3, 0.4) is 0 Å². The molecule has 0 spiro atoms. The molecule has 8 heteroatoms. The number of methoxy groups -OCH3 is 1. The highest BCUT2D eigenvalue weighted by Crippen LogP contribution is 2.37. The van der Waals surface area contributed by atoms with E-state index < -0.39 is 11.9 Å². The van der Waals surface area contributed by atoms with Crippen molar-refractivity contribution in [3.05, 3.63) is 59.7 Å². The Morgan fingerprint density at radius 2 is 1.70 bits per heavy atom. The minimum absolute atomic E-state index is 0.0349. The Hall–Kier alpha value is -3.16. The number of aryl methyl sites for hydroxylation is 2. The fourth-order valence-corrected chi connectivity index (χ4v) is 2.60. The van der Waals surface area contributed by atoms with Crippen LogP contribution in [0.1, 0.15) is 16.8 Å². The van der Waals surface area contributed by atoms with Crippen molar-refractivity contribution >= 4 is 0 Å². The molecule has 5 nitrogen and oxygen atoms in total. The molecular weight excluding hydrogens is 359 g/mol. The molecule has 27 heavy (non-hydrogen) atoms. The summed E-state index contributed by atoms with van der Waals surface area (Å²) in [6.07, 6.45) is -0.291. The Labute approximate surface area is 153 Å². The lowest BCUT2D eigenvalue weighted by Crippen LogP contribution is -2.10.